The highest BCUT2D eigenvalue weighted by molar-refractivity contribution is 5.24. The first-order valence-electron chi connectivity index (χ1n) is 10.1. The number of rotatable bonds is 11. The Labute approximate surface area is 185 Å². The van der Waals surface area contributed by atoms with E-state index in [1.165, 1.54) is 36.4 Å². The Morgan fingerprint density at radius 2 is 1.31 bits per heavy atom. The minimum Gasteiger partial charge on any atom is -0.394 e. The Kier molecular flexibility index (Phi) is 8.64. The third kappa shape index (κ3) is 6.19. The molecular weight excluding hydrogens is 422 g/mol. The van der Waals surface area contributed by atoms with E-state index in [-0.39, 0.29) is 12.8 Å². The van der Waals surface area contributed by atoms with Gasteiger partial charge in [0.1, 0.15) is 41.1 Å². The van der Waals surface area contributed by atoms with Crippen molar-refractivity contribution in [2.75, 3.05) is 6.61 Å². The second kappa shape index (κ2) is 10.6. The minimum absolute atomic E-state index is 0.195. The van der Waals surface area contributed by atoms with E-state index in [0.29, 0.717) is 16.7 Å². The quantitative estimate of drug-likeness (QED) is 0.286. The number of benzene rings is 2. The lowest BCUT2D eigenvalue weighted by atomic mass is 9.71. The lowest BCUT2D eigenvalue weighted by Crippen LogP contribution is -2.66. The molecule has 5 atom stereocenters. The molecule has 0 aliphatic carbocycles. The number of aliphatic hydroxyl groups excluding tert-OH is 4. The molecular formula is C24H30F2O6. The largest absolute Gasteiger partial charge is 0.394 e. The van der Waals surface area contributed by atoms with Gasteiger partial charge >= 0.3 is 0 Å². The topological polar surface area (TPSA) is 121 Å². The van der Waals surface area contributed by atoms with Gasteiger partial charge in [-0.25, -0.2) is 8.78 Å². The molecule has 6 N–H and O–H groups in total. The standard InChI is InChI=1S/C24H30F2O6/c1-15(2)11-23(31,12-16-3-7-18(25)8-4-16)22(30)24(32,21(29)20(28)14-27)13-17-5-9-19(26)10-6-17/h3-10,20-22,27-32H,1,11-14H2,2H3/t20-,21+,22+,23?,24+/m0/s1. The Morgan fingerprint density at radius 3 is 1.72 bits per heavy atom. The first-order chi connectivity index (χ1) is 14.9. The van der Waals surface area contributed by atoms with Crippen LogP contribution >= 0.6 is 0 Å². The summed E-state index contributed by atoms with van der Waals surface area (Å²) in [4.78, 5) is 0. The summed E-state index contributed by atoms with van der Waals surface area (Å²) in [5, 5.41) is 64.1. The van der Waals surface area contributed by atoms with Crippen LogP contribution in [0, 0.1) is 11.6 Å². The van der Waals surface area contributed by atoms with Gasteiger partial charge in [0.15, 0.2) is 0 Å². The SMILES string of the molecule is C=C(C)CC(O)(Cc1ccc(F)cc1)[C@@H](O)[C@@](O)(Cc1ccc(F)cc1)[C@H](O)[C@@H](O)CO. The molecule has 32 heavy (non-hydrogen) atoms. The van der Waals surface area contributed by atoms with Crippen molar-refractivity contribution in [1.82, 2.24) is 0 Å². The minimum atomic E-state index is -2.55. The van der Waals surface area contributed by atoms with Crippen LogP contribution in [-0.4, -0.2) is 66.8 Å². The Hall–Kier alpha value is -2.20. The van der Waals surface area contributed by atoms with E-state index in [4.69, 9.17) is 0 Å². The Bertz CT molecular complexity index is 888. The van der Waals surface area contributed by atoms with Gasteiger partial charge in [0.05, 0.1) is 6.61 Å². The van der Waals surface area contributed by atoms with Crippen molar-refractivity contribution in [3.05, 3.63) is 83.4 Å². The molecule has 1 unspecified atom stereocenters. The molecule has 0 bridgehead atoms. The van der Waals surface area contributed by atoms with Crippen molar-refractivity contribution >= 4 is 0 Å². The van der Waals surface area contributed by atoms with E-state index in [1.54, 1.807) is 6.92 Å². The van der Waals surface area contributed by atoms with Crippen LogP contribution in [0.1, 0.15) is 24.5 Å². The molecule has 0 spiro atoms. The van der Waals surface area contributed by atoms with Crippen molar-refractivity contribution < 1.29 is 39.4 Å². The van der Waals surface area contributed by atoms with Crippen molar-refractivity contribution in [2.24, 2.45) is 0 Å². The van der Waals surface area contributed by atoms with Crippen molar-refractivity contribution in [3.63, 3.8) is 0 Å². The second-order valence-electron chi connectivity index (χ2n) is 8.43. The molecule has 2 aromatic carbocycles. The molecule has 0 fully saturated rings. The average molecular weight is 452 g/mol. The second-order valence-corrected chi connectivity index (χ2v) is 8.43. The summed E-state index contributed by atoms with van der Waals surface area (Å²) in [5.74, 6) is -1.03. The highest BCUT2D eigenvalue weighted by Crippen LogP contribution is 2.35. The fourth-order valence-electron chi connectivity index (χ4n) is 3.92. The molecule has 0 aliphatic rings. The van der Waals surface area contributed by atoms with Crippen LogP contribution in [0.2, 0.25) is 0 Å². The summed E-state index contributed by atoms with van der Waals surface area (Å²) < 4.78 is 26.6. The van der Waals surface area contributed by atoms with Crippen LogP contribution in [-0.2, 0) is 12.8 Å². The van der Waals surface area contributed by atoms with Gasteiger partial charge in [-0.15, -0.1) is 6.58 Å². The van der Waals surface area contributed by atoms with Crippen LogP contribution in [0.25, 0.3) is 0 Å². The van der Waals surface area contributed by atoms with Crippen LogP contribution in [0.3, 0.4) is 0 Å². The molecule has 0 radical (unpaired) electrons. The molecule has 0 saturated heterocycles. The van der Waals surface area contributed by atoms with Crippen LogP contribution < -0.4 is 0 Å². The van der Waals surface area contributed by atoms with Gasteiger partial charge in [-0.3, -0.25) is 0 Å². The van der Waals surface area contributed by atoms with Gasteiger partial charge in [0, 0.05) is 12.8 Å². The van der Waals surface area contributed by atoms with E-state index < -0.39 is 54.2 Å². The Morgan fingerprint density at radius 1 is 0.875 bits per heavy atom. The molecule has 0 aromatic heterocycles. The zero-order valence-electron chi connectivity index (χ0n) is 17.8. The number of hydrogen-bond donors (Lipinski definition) is 6. The predicted molar refractivity (Wildman–Crippen MR) is 115 cm³/mol. The summed E-state index contributed by atoms with van der Waals surface area (Å²) >= 11 is 0. The highest BCUT2D eigenvalue weighted by atomic mass is 19.1. The van der Waals surface area contributed by atoms with E-state index >= 15 is 0 Å². The molecule has 0 heterocycles. The maximum absolute atomic E-state index is 13.3. The fourth-order valence-corrected chi connectivity index (χ4v) is 3.92. The number of halogens is 2. The fraction of sp³-hybridized carbons (Fsp3) is 0.417. The third-order valence-corrected chi connectivity index (χ3v) is 5.48. The van der Waals surface area contributed by atoms with Crippen LogP contribution in [0.15, 0.2) is 60.7 Å². The van der Waals surface area contributed by atoms with Gasteiger partial charge in [-0.05, 0) is 48.7 Å². The van der Waals surface area contributed by atoms with Gasteiger partial charge in [0.2, 0.25) is 0 Å². The van der Waals surface area contributed by atoms with Crippen molar-refractivity contribution in [2.45, 2.75) is 55.7 Å². The van der Waals surface area contributed by atoms with Gasteiger partial charge in [0.25, 0.3) is 0 Å². The molecule has 2 rings (SSSR count). The average Bonchev–Trinajstić information content (AvgIpc) is 2.74. The highest BCUT2D eigenvalue weighted by Gasteiger charge is 2.54. The molecule has 0 saturated carbocycles. The lowest BCUT2D eigenvalue weighted by molar-refractivity contribution is -0.228. The summed E-state index contributed by atoms with van der Waals surface area (Å²) in [7, 11) is 0. The van der Waals surface area contributed by atoms with Gasteiger partial charge in [-0.1, -0.05) is 29.8 Å². The first-order valence-corrected chi connectivity index (χ1v) is 10.1. The molecule has 8 heteroatoms. The molecule has 0 amide bonds. The van der Waals surface area contributed by atoms with Crippen molar-refractivity contribution in [1.29, 1.82) is 0 Å². The summed E-state index contributed by atoms with van der Waals surface area (Å²) in [5.41, 5.74) is -3.44. The number of aliphatic hydroxyl groups is 6. The lowest BCUT2D eigenvalue weighted by Gasteiger charge is -2.46. The van der Waals surface area contributed by atoms with Gasteiger partial charge < -0.3 is 30.6 Å². The zero-order valence-corrected chi connectivity index (χ0v) is 17.8. The molecule has 6 nitrogen and oxygen atoms in total. The van der Waals surface area contributed by atoms with E-state index in [2.05, 4.69) is 6.58 Å². The predicted octanol–water partition coefficient (Wildman–Crippen LogP) is 1.25. The molecule has 0 aliphatic heterocycles. The maximum Gasteiger partial charge on any atom is 0.126 e. The van der Waals surface area contributed by atoms with Gasteiger partial charge in [-0.2, -0.15) is 0 Å². The van der Waals surface area contributed by atoms with Crippen molar-refractivity contribution in [3.8, 4) is 0 Å². The third-order valence-electron chi connectivity index (χ3n) is 5.48. The van der Waals surface area contributed by atoms with E-state index in [0.717, 1.165) is 12.1 Å². The van der Waals surface area contributed by atoms with E-state index in [1.807, 2.05) is 0 Å². The summed E-state index contributed by atoms with van der Waals surface area (Å²) in [6.07, 6.45) is -6.88. The zero-order chi connectivity index (χ0) is 24.1. The maximum atomic E-state index is 13.3. The van der Waals surface area contributed by atoms with E-state index in [9.17, 15) is 39.4 Å². The molecule has 176 valence electrons. The normalized spacial score (nSPS) is 18.3. The Balaban J connectivity index is 2.51. The smallest absolute Gasteiger partial charge is 0.126 e. The monoisotopic (exact) mass is 452 g/mol. The van der Waals surface area contributed by atoms with Crippen LogP contribution in [0.4, 0.5) is 8.78 Å². The summed E-state index contributed by atoms with van der Waals surface area (Å²) in [6.45, 7) is 4.42. The number of hydrogen-bond acceptors (Lipinski definition) is 6. The molecule has 2 aromatic rings. The van der Waals surface area contributed by atoms with Crippen LogP contribution in [0.5, 0.6) is 0 Å². The first kappa shape index (κ1) is 26.1. The summed E-state index contributed by atoms with van der Waals surface area (Å²) in [6, 6.07) is 10.1.